The Morgan fingerprint density at radius 2 is 1.90 bits per heavy atom. The first-order chi connectivity index (χ1) is 9.83. The Bertz CT molecular complexity index is 471. The molecule has 1 fully saturated rings. The molecule has 3 nitrogen and oxygen atoms in total. The zero-order valence-electron chi connectivity index (χ0n) is 14.4. The second kappa shape index (κ2) is 6.35. The van der Waals surface area contributed by atoms with E-state index in [-0.39, 0.29) is 5.60 Å². The quantitative estimate of drug-likeness (QED) is 0.865. The van der Waals surface area contributed by atoms with Gasteiger partial charge >= 0.3 is 0 Å². The van der Waals surface area contributed by atoms with E-state index in [2.05, 4.69) is 39.9 Å². The molecule has 2 rings (SSSR count). The molecule has 1 saturated carbocycles. The van der Waals surface area contributed by atoms with E-state index in [1.165, 1.54) is 22.7 Å². The van der Waals surface area contributed by atoms with Crippen LogP contribution in [0.5, 0.6) is 0 Å². The highest BCUT2D eigenvalue weighted by atomic mass is 32.1. The number of hydrogen-bond donors (Lipinski definition) is 1. The summed E-state index contributed by atoms with van der Waals surface area (Å²) in [7, 11) is 1.85. The van der Waals surface area contributed by atoms with Crippen LogP contribution in [0.25, 0.3) is 0 Å². The number of rotatable bonds is 5. The summed E-state index contributed by atoms with van der Waals surface area (Å²) in [6.07, 6.45) is 4.58. The minimum absolute atomic E-state index is 0.158. The van der Waals surface area contributed by atoms with Crippen LogP contribution in [-0.2, 0) is 10.3 Å². The van der Waals surface area contributed by atoms with Gasteiger partial charge in [-0.25, -0.2) is 4.98 Å². The van der Waals surface area contributed by atoms with Crippen molar-refractivity contribution in [2.75, 3.05) is 13.7 Å². The number of methoxy groups -OCH3 is 1. The summed E-state index contributed by atoms with van der Waals surface area (Å²) in [5.41, 5.74) is 1.44. The SMILES string of the molecule is CCNC(C)c1sc(C2(OC)CCC(C)(C)CC2)nc1C. The normalized spacial score (nSPS) is 22.2. The van der Waals surface area contributed by atoms with Crippen LogP contribution in [0.4, 0.5) is 0 Å². The molecule has 1 aromatic rings. The van der Waals surface area contributed by atoms with Crippen LogP contribution in [-0.4, -0.2) is 18.6 Å². The number of nitrogens with zero attached hydrogens (tertiary/aromatic N) is 1. The van der Waals surface area contributed by atoms with Gasteiger partial charge in [-0.1, -0.05) is 20.8 Å². The number of ether oxygens (including phenoxy) is 1. The predicted molar refractivity (Wildman–Crippen MR) is 89.9 cm³/mol. The molecule has 1 unspecified atom stereocenters. The van der Waals surface area contributed by atoms with E-state index in [1.807, 2.05) is 18.4 Å². The van der Waals surface area contributed by atoms with Crippen molar-refractivity contribution in [3.8, 4) is 0 Å². The van der Waals surface area contributed by atoms with Crippen LogP contribution in [0.3, 0.4) is 0 Å². The van der Waals surface area contributed by atoms with Crippen LogP contribution < -0.4 is 5.32 Å². The molecule has 0 spiro atoms. The van der Waals surface area contributed by atoms with E-state index in [9.17, 15) is 0 Å². The predicted octanol–water partition coefficient (Wildman–Crippen LogP) is 4.56. The van der Waals surface area contributed by atoms with Crippen LogP contribution in [0.1, 0.15) is 75.0 Å². The summed E-state index contributed by atoms with van der Waals surface area (Å²) < 4.78 is 5.99. The fourth-order valence-electron chi connectivity index (χ4n) is 3.24. The third kappa shape index (κ3) is 3.49. The summed E-state index contributed by atoms with van der Waals surface area (Å²) in [5.74, 6) is 0. The van der Waals surface area contributed by atoms with E-state index >= 15 is 0 Å². The molecule has 0 amide bonds. The minimum atomic E-state index is -0.158. The Balaban J connectivity index is 2.26. The summed E-state index contributed by atoms with van der Waals surface area (Å²) in [6.45, 7) is 12.2. The Labute approximate surface area is 133 Å². The molecule has 120 valence electrons. The summed E-state index contributed by atoms with van der Waals surface area (Å²) in [6, 6.07) is 0.371. The van der Waals surface area contributed by atoms with Gasteiger partial charge in [0, 0.05) is 18.0 Å². The topological polar surface area (TPSA) is 34.1 Å². The van der Waals surface area contributed by atoms with Gasteiger partial charge in [-0.15, -0.1) is 11.3 Å². The van der Waals surface area contributed by atoms with Gasteiger partial charge in [-0.3, -0.25) is 0 Å². The third-order valence-electron chi connectivity index (χ3n) is 4.93. The molecule has 0 saturated heterocycles. The van der Waals surface area contributed by atoms with Gasteiger partial charge in [0.15, 0.2) is 0 Å². The van der Waals surface area contributed by atoms with Gasteiger partial charge in [0.05, 0.1) is 5.69 Å². The van der Waals surface area contributed by atoms with Crippen molar-refractivity contribution in [1.82, 2.24) is 10.3 Å². The molecule has 0 radical (unpaired) electrons. The monoisotopic (exact) mass is 310 g/mol. The first-order valence-electron chi connectivity index (χ1n) is 8.10. The molecular formula is C17H30N2OS. The number of nitrogens with one attached hydrogen (secondary N) is 1. The Kier molecular flexibility index (Phi) is 5.11. The lowest BCUT2D eigenvalue weighted by Crippen LogP contribution is -2.36. The van der Waals surface area contributed by atoms with Crippen molar-refractivity contribution in [2.45, 2.75) is 71.9 Å². The van der Waals surface area contributed by atoms with Crippen LogP contribution in [0.2, 0.25) is 0 Å². The van der Waals surface area contributed by atoms with Gasteiger partial charge in [0.25, 0.3) is 0 Å². The molecule has 21 heavy (non-hydrogen) atoms. The van der Waals surface area contributed by atoms with E-state index in [1.54, 1.807) is 0 Å². The van der Waals surface area contributed by atoms with Crippen molar-refractivity contribution >= 4 is 11.3 Å². The van der Waals surface area contributed by atoms with Crippen molar-refractivity contribution < 1.29 is 4.74 Å². The fourth-order valence-corrected chi connectivity index (χ4v) is 4.56. The smallest absolute Gasteiger partial charge is 0.125 e. The first kappa shape index (κ1) is 16.9. The van der Waals surface area contributed by atoms with Crippen molar-refractivity contribution in [2.24, 2.45) is 5.41 Å². The zero-order chi connectivity index (χ0) is 15.7. The fraction of sp³-hybridized carbons (Fsp3) is 0.824. The van der Waals surface area contributed by atoms with E-state index in [0.29, 0.717) is 11.5 Å². The third-order valence-corrected chi connectivity index (χ3v) is 6.45. The molecule has 0 aliphatic heterocycles. The Morgan fingerprint density at radius 3 is 2.43 bits per heavy atom. The first-order valence-corrected chi connectivity index (χ1v) is 8.91. The second-order valence-electron chi connectivity index (χ2n) is 7.11. The molecule has 4 heteroatoms. The van der Waals surface area contributed by atoms with Gasteiger partial charge < -0.3 is 10.1 Å². The lowest BCUT2D eigenvalue weighted by molar-refractivity contribution is -0.0668. The highest BCUT2D eigenvalue weighted by Crippen LogP contribution is 2.48. The average molecular weight is 311 g/mol. The largest absolute Gasteiger partial charge is 0.371 e. The van der Waals surface area contributed by atoms with Gasteiger partial charge in [0.1, 0.15) is 10.6 Å². The Hall–Kier alpha value is -0.450. The maximum atomic E-state index is 5.99. The number of hydrogen-bond acceptors (Lipinski definition) is 4. The zero-order valence-corrected chi connectivity index (χ0v) is 15.2. The second-order valence-corrected chi connectivity index (χ2v) is 8.14. The average Bonchev–Trinajstić information content (AvgIpc) is 2.82. The van der Waals surface area contributed by atoms with E-state index in [4.69, 9.17) is 9.72 Å². The summed E-state index contributed by atoms with van der Waals surface area (Å²) >= 11 is 1.84. The van der Waals surface area contributed by atoms with Gasteiger partial charge in [-0.2, -0.15) is 0 Å². The van der Waals surface area contributed by atoms with E-state index < -0.39 is 0 Å². The summed E-state index contributed by atoms with van der Waals surface area (Å²) in [4.78, 5) is 6.24. The highest BCUT2D eigenvalue weighted by Gasteiger charge is 2.42. The van der Waals surface area contributed by atoms with Crippen molar-refractivity contribution in [3.05, 3.63) is 15.6 Å². The van der Waals surface area contributed by atoms with Crippen LogP contribution in [0, 0.1) is 12.3 Å². The van der Waals surface area contributed by atoms with Gasteiger partial charge in [-0.05, 0) is 51.5 Å². The number of aryl methyl sites for hydroxylation is 1. The molecule has 1 heterocycles. The van der Waals surface area contributed by atoms with Crippen molar-refractivity contribution in [3.63, 3.8) is 0 Å². The minimum Gasteiger partial charge on any atom is -0.371 e. The van der Waals surface area contributed by atoms with Crippen molar-refractivity contribution in [1.29, 1.82) is 0 Å². The molecule has 0 bridgehead atoms. The van der Waals surface area contributed by atoms with Crippen LogP contribution >= 0.6 is 11.3 Å². The molecular weight excluding hydrogens is 280 g/mol. The van der Waals surface area contributed by atoms with E-state index in [0.717, 1.165) is 25.1 Å². The maximum absolute atomic E-state index is 5.99. The highest BCUT2D eigenvalue weighted by molar-refractivity contribution is 7.12. The lowest BCUT2D eigenvalue weighted by Gasteiger charge is -2.41. The van der Waals surface area contributed by atoms with Gasteiger partial charge in [0.2, 0.25) is 0 Å². The maximum Gasteiger partial charge on any atom is 0.125 e. The van der Waals surface area contributed by atoms with Crippen LogP contribution in [0.15, 0.2) is 0 Å². The molecule has 0 aromatic carbocycles. The summed E-state index contributed by atoms with van der Waals surface area (Å²) in [5, 5.41) is 4.67. The molecule has 1 aliphatic carbocycles. The lowest BCUT2D eigenvalue weighted by atomic mass is 9.71. The molecule has 1 aliphatic rings. The molecule has 1 aromatic heterocycles. The Morgan fingerprint density at radius 1 is 1.29 bits per heavy atom. The standard InChI is InChI=1S/C17H30N2OS/c1-7-18-12(2)14-13(3)19-15(21-14)17(20-6)10-8-16(4,5)9-11-17/h12,18H,7-11H2,1-6H3. The number of aromatic nitrogens is 1. The molecule has 1 atom stereocenters. The molecule has 1 N–H and O–H groups in total. The number of thiazole rings is 1.